The molecule has 0 unspecified atom stereocenters. The van der Waals surface area contributed by atoms with Crippen molar-refractivity contribution in [3.05, 3.63) is 69.7 Å². The van der Waals surface area contributed by atoms with Gasteiger partial charge in [0, 0.05) is 45.8 Å². The SMILES string of the molecule is CC(C)(C)OC(=O)NCCn1c2ccc(Cl)cc2c2ccc(Nc3ccc(Cl)c(Cl)c3)cc21. The zero-order valence-electron chi connectivity index (χ0n) is 18.5. The van der Waals surface area contributed by atoms with Gasteiger partial charge in [-0.1, -0.05) is 40.9 Å². The summed E-state index contributed by atoms with van der Waals surface area (Å²) < 4.78 is 7.51. The maximum atomic E-state index is 12.1. The van der Waals surface area contributed by atoms with Crippen molar-refractivity contribution in [2.45, 2.75) is 32.9 Å². The maximum absolute atomic E-state index is 12.1. The molecule has 0 fully saturated rings. The highest BCUT2D eigenvalue weighted by Crippen LogP contribution is 2.34. The molecule has 33 heavy (non-hydrogen) atoms. The number of amides is 1. The van der Waals surface area contributed by atoms with Gasteiger partial charge >= 0.3 is 6.09 Å². The minimum absolute atomic E-state index is 0.418. The molecule has 3 aromatic carbocycles. The fourth-order valence-electron chi connectivity index (χ4n) is 3.72. The predicted molar refractivity (Wildman–Crippen MR) is 138 cm³/mol. The summed E-state index contributed by atoms with van der Waals surface area (Å²) in [5.74, 6) is 0. The third-order valence-electron chi connectivity index (χ3n) is 5.04. The Hall–Kier alpha value is -2.60. The van der Waals surface area contributed by atoms with E-state index in [0.29, 0.717) is 28.2 Å². The number of aromatic nitrogens is 1. The number of hydrogen-bond donors (Lipinski definition) is 2. The Morgan fingerprint density at radius 2 is 1.61 bits per heavy atom. The van der Waals surface area contributed by atoms with E-state index in [2.05, 4.69) is 27.3 Å². The quantitative estimate of drug-likeness (QED) is 0.289. The molecule has 172 valence electrons. The van der Waals surface area contributed by atoms with Crippen LogP contribution in [0.15, 0.2) is 54.6 Å². The number of nitrogens with zero attached hydrogens (tertiary/aromatic N) is 1. The Balaban J connectivity index is 1.66. The van der Waals surface area contributed by atoms with Crippen LogP contribution in [-0.2, 0) is 11.3 Å². The highest BCUT2D eigenvalue weighted by atomic mass is 35.5. The van der Waals surface area contributed by atoms with Crippen molar-refractivity contribution in [3.63, 3.8) is 0 Å². The minimum Gasteiger partial charge on any atom is -0.444 e. The fraction of sp³-hybridized carbons (Fsp3) is 0.240. The van der Waals surface area contributed by atoms with Crippen molar-refractivity contribution >= 4 is 74.1 Å². The molecule has 8 heteroatoms. The molecule has 0 atom stereocenters. The van der Waals surface area contributed by atoms with Gasteiger partial charge in [0.05, 0.1) is 15.6 Å². The van der Waals surface area contributed by atoms with Gasteiger partial charge in [-0.15, -0.1) is 0 Å². The lowest BCUT2D eigenvalue weighted by molar-refractivity contribution is 0.0526. The van der Waals surface area contributed by atoms with E-state index in [1.807, 2.05) is 51.1 Å². The lowest BCUT2D eigenvalue weighted by atomic mass is 10.1. The number of halogens is 3. The van der Waals surface area contributed by atoms with E-state index in [0.717, 1.165) is 33.2 Å². The number of benzene rings is 3. The van der Waals surface area contributed by atoms with E-state index in [1.165, 1.54) is 0 Å². The molecule has 4 rings (SSSR count). The normalized spacial score (nSPS) is 11.7. The van der Waals surface area contributed by atoms with Crippen LogP contribution in [0.25, 0.3) is 21.8 Å². The molecule has 0 saturated heterocycles. The first-order chi connectivity index (χ1) is 15.6. The van der Waals surface area contributed by atoms with Gasteiger partial charge in [0.2, 0.25) is 0 Å². The van der Waals surface area contributed by atoms with Crippen LogP contribution >= 0.6 is 34.8 Å². The van der Waals surface area contributed by atoms with Crippen LogP contribution in [-0.4, -0.2) is 22.8 Å². The molecule has 0 aliphatic rings. The third kappa shape index (κ3) is 5.49. The minimum atomic E-state index is -0.543. The van der Waals surface area contributed by atoms with Crippen LogP contribution in [0, 0.1) is 0 Å². The van der Waals surface area contributed by atoms with Gasteiger partial charge in [-0.3, -0.25) is 0 Å². The molecule has 0 radical (unpaired) electrons. The van der Waals surface area contributed by atoms with Crippen molar-refractivity contribution in [2.24, 2.45) is 0 Å². The molecule has 0 aliphatic heterocycles. The third-order valence-corrected chi connectivity index (χ3v) is 6.01. The predicted octanol–water partition coefficient (Wildman–Crippen LogP) is 8.02. The van der Waals surface area contributed by atoms with Crippen molar-refractivity contribution in [2.75, 3.05) is 11.9 Å². The highest BCUT2D eigenvalue weighted by Gasteiger charge is 2.16. The average Bonchev–Trinajstić information content (AvgIpc) is 3.02. The molecular formula is C25H24Cl3N3O2. The van der Waals surface area contributed by atoms with Crippen LogP contribution in [0.3, 0.4) is 0 Å². The van der Waals surface area contributed by atoms with E-state index in [9.17, 15) is 4.79 Å². The summed E-state index contributed by atoms with van der Waals surface area (Å²) in [4.78, 5) is 12.1. The molecule has 0 bridgehead atoms. The second-order valence-electron chi connectivity index (χ2n) is 8.73. The molecule has 0 saturated carbocycles. The molecular weight excluding hydrogens is 481 g/mol. The molecule has 5 nitrogen and oxygen atoms in total. The number of alkyl carbamates (subject to hydrolysis) is 1. The van der Waals surface area contributed by atoms with E-state index >= 15 is 0 Å². The molecule has 4 aromatic rings. The summed E-state index contributed by atoms with van der Waals surface area (Å²) in [5.41, 5.74) is 3.24. The Morgan fingerprint density at radius 3 is 2.33 bits per heavy atom. The number of anilines is 2. The number of nitrogens with one attached hydrogen (secondary N) is 2. The smallest absolute Gasteiger partial charge is 0.407 e. The van der Waals surface area contributed by atoms with E-state index in [1.54, 1.807) is 12.1 Å². The van der Waals surface area contributed by atoms with Crippen molar-refractivity contribution in [1.82, 2.24) is 9.88 Å². The fourth-order valence-corrected chi connectivity index (χ4v) is 4.19. The van der Waals surface area contributed by atoms with Gasteiger partial charge < -0.3 is 19.9 Å². The molecule has 1 heterocycles. The summed E-state index contributed by atoms with van der Waals surface area (Å²) >= 11 is 18.5. The zero-order valence-corrected chi connectivity index (χ0v) is 20.8. The molecule has 1 aromatic heterocycles. The average molecular weight is 505 g/mol. The second-order valence-corrected chi connectivity index (χ2v) is 9.98. The first-order valence-corrected chi connectivity index (χ1v) is 11.6. The lowest BCUT2D eigenvalue weighted by Gasteiger charge is -2.20. The topological polar surface area (TPSA) is 55.3 Å². The molecule has 1 amide bonds. The summed E-state index contributed by atoms with van der Waals surface area (Å²) in [6.07, 6.45) is -0.437. The Kier molecular flexibility index (Phi) is 6.66. The largest absolute Gasteiger partial charge is 0.444 e. The van der Waals surface area contributed by atoms with Crippen molar-refractivity contribution in [3.8, 4) is 0 Å². The van der Waals surface area contributed by atoms with Crippen LogP contribution in [0.4, 0.5) is 16.2 Å². The molecule has 0 spiro atoms. The van der Waals surface area contributed by atoms with Crippen LogP contribution in [0.1, 0.15) is 20.8 Å². The van der Waals surface area contributed by atoms with Crippen molar-refractivity contribution in [1.29, 1.82) is 0 Å². The van der Waals surface area contributed by atoms with Crippen molar-refractivity contribution < 1.29 is 9.53 Å². The Labute approximate surface area is 207 Å². The summed E-state index contributed by atoms with van der Waals surface area (Å²) in [6, 6.07) is 17.4. The Morgan fingerprint density at radius 1 is 0.879 bits per heavy atom. The number of carbonyl (C=O) groups excluding carboxylic acids is 1. The zero-order chi connectivity index (χ0) is 23.8. The van der Waals surface area contributed by atoms with Crippen LogP contribution < -0.4 is 10.6 Å². The van der Waals surface area contributed by atoms with Gasteiger partial charge in [0.25, 0.3) is 0 Å². The number of carbonyl (C=O) groups is 1. The van der Waals surface area contributed by atoms with Gasteiger partial charge in [-0.2, -0.15) is 0 Å². The van der Waals surface area contributed by atoms with Crippen LogP contribution in [0.5, 0.6) is 0 Å². The number of hydrogen-bond acceptors (Lipinski definition) is 3. The monoisotopic (exact) mass is 503 g/mol. The first-order valence-electron chi connectivity index (χ1n) is 10.5. The number of ether oxygens (including phenoxy) is 1. The Bertz CT molecular complexity index is 1340. The summed E-state index contributed by atoms with van der Waals surface area (Å²) in [5, 5.41) is 10.00. The van der Waals surface area contributed by atoms with E-state index in [-0.39, 0.29) is 0 Å². The number of rotatable bonds is 5. The molecule has 0 aliphatic carbocycles. The van der Waals surface area contributed by atoms with E-state index in [4.69, 9.17) is 39.5 Å². The number of fused-ring (bicyclic) bond motifs is 3. The van der Waals surface area contributed by atoms with Crippen LogP contribution in [0.2, 0.25) is 15.1 Å². The first kappa shape index (κ1) is 23.6. The second kappa shape index (κ2) is 9.34. The van der Waals surface area contributed by atoms with E-state index < -0.39 is 11.7 Å². The highest BCUT2D eigenvalue weighted by molar-refractivity contribution is 6.42. The van der Waals surface area contributed by atoms with Gasteiger partial charge in [0.1, 0.15) is 5.60 Å². The van der Waals surface area contributed by atoms with Gasteiger partial charge in [0.15, 0.2) is 0 Å². The standard InChI is InChI=1S/C25H24Cl3N3O2/c1-25(2,3)33-24(32)29-10-11-31-22-9-4-15(26)12-19(22)18-7-5-17(14-23(18)31)30-16-6-8-20(27)21(28)13-16/h4-9,12-14,30H,10-11H2,1-3H3,(H,29,32). The molecule has 2 N–H and O–H groups in total. The maximum Gasteiger partial charge on any atom is 0.407 e. The van der Waals surface area contributed by atoms with Gasteiger partial charge in [-0.25, -0.2) is 4.79 Å². The van der Waals surface area contributed by atoms with Gasteiger partial charge in [-0.05, 0) is 69.3 Å². The summed E-state index contributed by atoms with van der Waals surface area (Å²) in [7, 11) is 0. The lowest BCUT2D eigenvalue weighted by Crippen LogP contribution is -2.34. The summed E-state index contributed by atoms with van der Waals surface area (Å²) in [6.45, 7) is 6.50.